The predicted molar refractivity (Wildman–Crippen MR) is 114 cm³/mol. The van der Waals surface area contributed by atoms with Crippen molar-refractivity contribution in [1.29, 1.82) is 5.26 Å². The monoisotopic (exact) mass is 395 g/mol. The second-order valence-corrected chi connectivity index (χ2v) is 6.83. The minimum atomic E-state index is 0.246. The largest absolute Gasteiger partial charge is 0.358 e. The normalized spacial score (nSPS) is 12.8. The molecule has 3 heterocycles. The van der Waals surface area contributed by atoms with E-state index in [1.165, 1.54) is 0 Å². The number of hydrogen-bond acceptors (Lipinski definition) is 7. The van der Waals surface area contributed by atoms with Gasteiger partial charge in [0.15, 0.2) is 0 Å². The molecule has 1 aliphatic heterocycles. The molecule has 8 heteroatoms. The van der Waals surface area contributed by atoms with Crippen molar-refractivity contribution in [2.24, 2.45) is 5.84 Å². The minimum absolute atomic E-state index is 0.246. The number of nitrogens with zero attached hydrogens (tertiary/aromatic N) is 5. The Bertz CT molecular complexity index is 817. The van der Waals surface area contributed by atoms with Gasteiger partial charge in [-0.25, -0.2) is 15.8 Å². The number of likely N-dealkylation sites (tertiary alicyclic amines) is 1. The van der Waals surface area contributed by atoms with Crippen LogP contribution in [0.1, 0.15) is 37.4 Å². The number of pyridine rings is 2. The van der Waals surface area contributed by atoms with E-state index in [-0.39, 0.29) is 5.91 Å². The summed E-state index contributed by atoms with van der Waals surface area (Å²) in [7, 11) is 1.94. The fourth-order valence-corrected chi connectivity index (χ4v) is 2.96. The Balaban J connectivity index is 0.000000234. The minimum Gasteiger partial charge on any atom is -0.358 e. The topological polar surface area (TPSA) is 111 Å². The van der Waals surface area contributed by atoms with Gasteiger partial charge in [-0.3, -0.25) is 4.79 Å². The molecule has 1 amide bonds. The van der Waals surface area contributed by atoms with E-state index in [0.29, 0.717) is 12.0 Å². The maximum atomic E-state index is 11.5. The zero-order valence-electron chi connectivity index (χ0n) is 17.1. The summed E-state index contributed by atoms with van der Waals surface area (Å²) in [6.07, 6.45) is 5.33. The van der Waals surface area contributed by atoms with Crippen molar-refractivity contribution in [3.05, 3.63) is 47.8 Å². The van der Waals surface area contributed by atoms with Crippen molar-refractivity contribution in [2.75, 3.05) is 37.0 Å². The SMILES string of the molecule is CCCc1cccc(NN)n1.CN(CCN1CCCC1=O)c1ccc(C#N)cn1. The van der Waals surface area contributed by atoms with E-state index in [0.717, 1.165) is 56.2 Å². The molecule has 1 fully saturated rings. The number of aromatic nitrogens is 2. The summed E-state index contributed by atoms with van der Waals surface area (Å²) in [4.78, 5) is 23.8. The van der Waals surface area contributed by atoms with Crippen molar-refractivity contribution in [3.8, 4) is 6.07 Å². The fourth-order valence-electron chi connectivity index (χ4n) is 2.96. The number of carbonyl (C=O) groups excluding carboxylic acids is 1. The number of nitrogen functional groups attached to an aromatic ring is 1. The first-order chi connectivity index (χ1) is 14.1. The molecule has 0 spiro atoms. The molecule has 1 saturated heterocycles. The Labute approximate surface area is 172 Å². The van der Waals surface area contributed by atoms with Crippen molar-refractivity contribution < 1.29 is 4.79 Å². The van der Waals surface area contributed by atoms with Crippen molar-refractivity contribution in [3.63, 3.8) is 0 Å². The van der Waals surface area contributed by atoms with Crippen molar-refractivity contribution in [1.82, 2.24) is 14.9 Å². The predicted octanol–water partition coefficient (Wildman–Crippen LogP) is 2.33. The van der Waals surface area contributed by atoms with E-state index in [2.05, 4.69) is 22.3 Å². The molecule has 3 N–H and O–H groups in total. The van der Waals surface area contributed by atoms with Crippen molar-refractivity contribution >= 4 is 17.5 Å². The first kappa shape index (κ1) is 22.1. The summed E-state index contributed by atoms with van der Waals surface area (Å²) >= 11 is 0. The lowest BCUT2D eigenvalue weighted by atomic mass is 10.2. The van der Waals surface area contributed by atoms with Crippen LogP contribution in [-0.4, -0.2) is 47.5 Å². The average molecular weight is 396 g/mol. The number of hydrogen-bond donors (Lipinski definition) is 2. The van der Waals surface area contributed by atoms with Gasteiger partial charge in [-0.2, -0.15) is 5.26 Å². The van der Waals surface area contributed by atoms with Crippen LogP contribution in [0.25, 0.3) is 0 Å². The number of nitrogens with two attached hydrogens (primary N) is 1. The molecule has 0 aromatic carbocycles. The number of aryl methyl sites for hydroxylation is 1. The van der Waals surface area contributed by atoms with Gasteiger partial charge in [0.05, 0.1) is 5.56 Å². The number of amides is 1. The van der Waals surface area contributed by atoms with Crippen LogP contribution >= 0.6 is 0 Å². The molecule has 2 aromatic heterocycles. The highest BCUT2D eigenvalue weighted by Crippen LogP contribution is 2.12. The highest BCUT2D eigenvalue weighted by molar-refractivity contribution is 5.78. The summed E-state index contributed by atoms with van der Waals surface area (Å²) in [5.41, 5.74) is 4.16. The molecule has 1 aliphatic rings. The average Bonchev–Trinajstić information content (AvgIpc) is 3.17. The van der Waals surface area contributed by atoms with E-state index < -0.39 is 0 Å². The summed E-state index contributed by atoms with van der Waals surface area (Å²) in [5, 5.41) is 8.70. The molecule has 29 heavy (non-hydrogen) atoms. The number of rotatable bonds is 7. The standard InChI is InChI=1S/C13H16N4O.C8H13N3/c1-16(7-8-17-6-2-3-13(17)18)12-5-4-11(9-14)10-15-12;1-2-4-7-5-3-6-8(10-7)11-9/h4-5,10H,2-3,6-8H2,1H3;3,5-6H,2,4,9H2,1H3,(H,10,11). The van der Waals surface area contributed by atoms with E-state index >= 15 is 0 Å². The second kappa shape index (κ2) is 11.6. The Kier molecular flexibility index (Phi) is 8.86. The van der Waals surface area contributed by atoms with Crippen molar-refractivity contribution in [2.45, 2.75) is 32.6 Å². The van der Waals surface area contributed by atoms with E-state index in [1.807, 2.05) is 47.2 Å². The van der Waals surface area contributed by atoms with Gasteiger partial charge < -0.3 is 15.2 Å². The van der Waals surface area contributed by atoms with E-state index in [9.17, 15) is 4.79 Å². The van der Waals surface area contributed by atoms with Gasteiger partial charge in [-0.15, -0.1) is 0 Å². The third-order valence-electron chi connectivity index (χ3n) is 4.61. The van der Waals surface area contributed by atoms with Crippen LogP contribution in [0.4, 0.5) is 11.6 Å². The van der Waals surface area contributed by atoms with Crippen LogP contribution in [0.15, 0.2) is 36.5 Å². The van der Waals surface area contributed by atoms with Gasteiger partial charge in [-0.1, -0.05) is 19.4 Å². The smallest absolute Gasteiger partial charge is 0.222 e. The molecule has 8 nitrogen and oxygen atoms in total. The lowest BCUT2D eigenvalue weighted by Crippen LogP contribution is -2.34. The number of anilines is 2. The van der Waals surface area contributed by atoms with Gasteiger partial charge in [0.2, 0.25) is 5.91 Å². The summed E-state index contributed by atoms with van der Waals surface area (Å²) < 4.78 is 0. The van der Waals surface area contributed by atoms with Gasteiger partial charge >= 0.3 is 0 Å². The van der Waals surface area contributed by atoms with Crippen LogP contribution in [0, 0.1) is 11.3 Å². The fraction of sp³-hybridized carbons (Fsp3) is 0.429. The molecule has 3 rings (SSSR count). The number of nitriles is 1. The number of nitrogens with one attached hydrogen (secondary N) is 1. The Morgan fingerprint density at radius 1 is 1.34 bits per heavy atom. The molecule has 0 bridgehead atoms. The highest BCUT2D eigenvalue weighted by atomic mass is 16.2. The number of hydrazine groups is 1. The maximum Gasteiger partial charge on any atom is 0.222 e. The Morgan fingerprint density at radius 3 is 2.76 bits per heavy atom. The first-order valence-corrected chi connectivity index (χ1v) is 9.85. The van der Waals surface area contributed by atoms with Crippen LogP contribution < -0.4 is 16.2 Å². The number of carbonyl (C=O) groups is 1. The molecule has 0 saturated carbocycles. The lowest BCUT2D eigenvalue weighted by molar-refractivity contribution is -0.127. The summed E-state index contributed by atoms with van der Waals surface area (Å²) in [6.45, 7) is 4.49. The molecule has 0 aliphatic carbocycles. The lowest BCUT2D eigenvalue weighted by Gasteiger charge is -2.22. The first-order valence-electron chi connectivity index (χ1n) is 9.85. The molecule has 0 atom stereocenters. The Morgan fingerprint density at radius 2 is 2.17 bits per heavy atom. The zero-order valence-corrected chi connectivity index (χ0v) is 17.1. The quantitative estimate of drug-likeness (QED) is 0.547. The summed E-state index contributed by atoms with van der Waals surface area (Å²) in [6, 6.07) is 11.4. The van der Waals surface area contributed by atoms with Crippen LogP contribution in [0.2, 0.25) is 0 Å². The summed E-state index contributed by atoms with van der Waals surface area (Å²) in [5.74, 6) is 7.00. The van der Waals surface area contributed by atoms with Gasteiger partial charge in [-0.05, 0) is 37.1 Å². The number of likely N-dealkylation sites (N-methyl/N-ethyl adjacent to an activating group) is 1. The molecule has 0 unspecified atom stereocenters. The molecule has 0 radical (unpaired) electrons. The zero-order chi connectivity index (χ0) is 21.1. The highest BCUT2D eigenvalue weighted by Gasteiger charge is 2.19. The second-order valence-electron chi connectivity index (χ2n) is 6.83. The third kappa shape index (κ3) is 7.05. The van der Waals surface area contributed by atoms with E-state index in [4.69, 9.17) is 11.1 Å². The molecular weight excluding hydrogens is 366 g/mol. The van der Waals surface area contributed by atoms with Gasteiger partial charge in [0.25, 0.3) is 0 Å². The van der Waals surface area contributed by atoms with Crippen LogP contribution in [0.5, 0.6) is 0 Å². The molecule has 2 aromatic rings. The van der Waals surface area contributed by atoms with Gasteiger partial charge in [0.1, 0.15) is 17.7 Å². The van der Waals surface area contributed by atoms with E-state index in [1.54, 1.807) is 12.3 Å². The molecule has 154 valence electrons. The third-order valence-corrected chi connectivity index (χ3v) is 4.61. The van der Waals surface area contributed by atoms with Gasteiger partial charge in [0, 0.05) is 45.0 Å². The van der Waals surface area contributed by atoms with Crippen LogP contribution in [0.3, 0.4) is 0 Å². The maximum absolute atomic E-state index is 11.5. The molecular formula is C21H29N7O. The van der Waals surface area contributed by atoms with Crippen LogP contribution in [-0.2, 0) is 11.2 Å². The Hall–Kier alpha value is -3.18.